The molecule has 5 heteroatoms. The average molecular weight is 252 g/mol. The zero-order valence-corrected chi connectivity index (χ0v) is 10.0. The summed E-state index contributed by atoms with van der Waals surface area (Å²) in [5.74, 6) is -0.259. The summed E-state index contributed by atoms with van der Waals surface area (Å²) in [6, 6.07) is 5.40. The molecule has 2 unspecified atom stereocenters. The highest BCUT2D eigenvalue weighted by Crippen LogP contribution is 2.25. The van der Waals surface area contributed by atoms with E-state index in [9.17, 15) is 9.18 Å². The van der Waals surface area contributed by atoms with Gasteiger partial charge < -0.3 is 15.7 Å². The SMILES string of the molecule is O=C(Nc1cccc(F)c1)NC1CCCC1CO. The molecule has 1 aromatic carbocycles. The van der Waals surface area contributed by atoms with E-state index >= 15 is 0 Å². The third-order valence-electron chi connectivity index (χ3n) is 3.29. The van der Waals surface area contributed by atoms with Crippen molar-refractivity contribution in [2.24, 2.45) is 5.92 Å². The molecular weight excluding hydrogens is 235 g/mol. The Kier molecular flexibility index (Phi) is 4.15. The number of aliphatic hydroxyl groups excluding tert-OH is 1. The quantitative estimate of drug-likeness (QED) is 0.771. The van der Waals surface area contributed by atoms with Crippen LogP contribution in [0.3, 0.4) is 0 Å². The molecule has 1 fully saturated rings. The van der Waals surface area contributed by atoms with Gasteiger partial charge in [0.2, 0.25) is 0 Å². The minimum absolute atomic E-state index is 0.00330. The molecule has 0 bridgehead atoms. The number of urea groups is 1. The lowest BCUT2D eigenvalue weighted by atomic mass is 10.1. The van der Waals surface area contributed by atoms with Crippen LogP contribution < -0.4 is 10.6 Å². The van der Waals surface area contributed by atoms with Crippen LogP contribution in [0.2, 0.25) is 0 Å². The second-order valence-electron chi connectivity index (χ2n) is 4.59. The Labute approximate surface area is 105 Å². The minimum Gasteiger partial charge on any atom is -0.396 e. The number of carbonyl (C=O) groups is 1. The molecule has 1 saturated carbocycles. The van der Waals surface area contributed by atoms with Crippen LogP contribution >= 0.6 is 0 Å². The van der Waals surface area contributed by atoms with E-state index in [0.29, 0.717) is 5.69 Å². The fraction of sp³-hybridized carbons (Fsp3) is 0.462. The molecule has 2 amide bonds. The molecule has 2 rings (SSSR count). The van der Waals surface area contributed by atoms with Crippen molar-refractivity contribution in [2.75, 3.05) is 11.9 Å². The predicted molar refractivity (Wildman–Crippen MR) is 66.8 cm³/mol. The number of hydrogen-bond acceptors (Lipinski definition) is 2. The molecular formula is C13H17FN2O2. The van der Waals surface area contributed by atoms with Gasteiger partial charge in [0.1, 0.15) is 5.82 Å². The minimum atomic E-state index is -0.387. The maximum absolute atomic E-state index is 12.9. The molecule has 0 saturated heterocycles. The fourth-order valence-electron chi connectivity index (χ4n) is 2.35. The van der Waals surface area contributed by atoms with Crippen molar-refractivity contribution in [3.05, 3.63) is 30.1 Å². The van der Waals surface area contributed by atoms with Gasteiger partial charge in [0, 0.05) is 24.3 Å². The lowest BCUT2D eigenvalue weighted by molar-refractivity contribution is 0.203. The summed E-state index contributed by atoms with van der Waals surface area (Å²) in [6.07, 6.45) is 2.82. The van der Waals surface area contributed by atoms with Crippen molar-refractivity contribution in [1.29, 1.82) is 0 Å². The van der Waals surface area contributed by atoms with Crippen molar-refractivity contribution in [3.8, 4) is 0 Å². The first-order valence-corrected chi connectivity index (χ1v) is 6.13. The van der Waals surface area contributed by atoms with Gasteiger partial charge in [-0.3, -0.25) is 0 Å². The van der Waals surface area contributed by atoms with Gasteiger partial charge >= 0.3 is 6.03 Å². The number of aliphatic hydroxyl groups is 1. The summed E-state index contributed by atoms with van der Waals surface area (Å²) in [7, 11) is 0. The lowest BCUT2D eigenvalue weighted by Crippen LogP contribution is -2.41. The topological polar surface area (TPSA) is 61.4 Å². The first-order chi connectivity index (χ1) is 8.69. The van der Waals surface area contributed by atoms with Crippen LogP contribution in [-0.4, -0.2) is 23.8 Å². The Balaban J connectivity index is 1.89. The van der Waals surface area contributed by atoms with Gasteiger partial charge in [-0.2, -0.15) is 0 Å². The van der Waals surface area contributed by atoms with E-state index < -0.39 is 0 Å². The van der Waals surface area contributed by atoms with Crippen LogP contribution in [0.15, 0.2) is 24.3 Å². The van der Waals surface area contributed by atoms with Gasteiger partial charge in [-0.1, -0.05) is 12.5 Å². The monoisotopic (exact) mass is 252 g/mol. The third-order valence-corrected chi connectivity index (χ3v) is 3.29. The average Bonchev–Trinajstić information content (AvgIpc) is 2.76. The summed E-state index contributed by atoms with van der Waals surface area (Å²) in [4.78, 5) is 11.7. The summed E-state index contributed by atoms with van der Waals surface area (Å²) in [5.41, 5.74) is 0.422. The van der Waals surface area contributed by atoms with Gasteiger partial charge in [0.15, 0.2) is 0 Å². The normalized spacial score (nSPS) is 22.8. The molecule has 1 aromatic rings. The van der Waals surface area contributed by atoms with Crippen molar-refractivity contribution in [1.82, 2.24) is 5.32 Å². The highest BCUT2D eigenvalue weighted by molar-refractivity contribution is 5.89. The molecule has 18 heavy (non-hydrogen) atoms. The van der Waals surface area contributed by atoms with Crippen LogP contribution in [0.5, 0.6) is 0 Å². The van der Waals surface area contributed by atoms with Crippen LogP contribution in [0.4, 0.5) is 14.9 Å². The van der Waals surface area contributed by atoms with E-state index in [-0.39, 0.29) is 30.4 Å². The molecule has 0 aliphatic heterocycles. The Hall–Kier alpha value is -1.62. The number of amides is 2. The standard InChI is InChI=1S/C13H17FN2O2/c14-10-4-2-5-11(7-10)15-13(18)16-12-6-1-3-9(12)8-17/h2,4-5,7,9,12,17H,1,3,6,8H2,(H2,15,16,18). The van der Waals surface area contributed by atoms with Crippen molar-refractivity contribution >= 4 is 11.7 Å². The number of carbonyl (C=O) groups excluding carboxylic acids is 1. The number of benzene rings is 1. The first-order valence-electron chi connectivity index (χ1n) is 6.13. The molecule has 1 aliphatic rings. The summed E-state index contributed by atoms with van der Waals surface area (Å²) >= 11 is 0. The summed E-state index contributed by atoms with van der Waals surface area (Å²) in [5, 5.41) is 14.6. The number of hydrogen-bond donors (Lipinski definition) is 3. The predicted octanol–water partition coefficient (Wildman–Crippen LogP) is 2.11. The number of nitrogens with one attached hydrogen (secondary N) is 2. The van der Waals surface area contributed by atoms with Crippen LogP contribution in [0.25, 0.3) is 0 Å². The lowest BCUT2D eigenvalue weighted by Gasteiger charge is -2.19. The van der Waals surface area contributed by atoms with E-state index in [1.807, 2.05) is 0 Å². The number of halogens is 1. The maximum atomic E-state index is 12.9. The third kappa shape index (κ3) is 3.20. The molecule has 3 N–H and O–H groups in total. The molecule has 0 aromatic heterocycles. The molecule has 2 atom stereocenters. The van der Waals surface area contributed by atoms with Gasteiger partial charge in [-0.15, -0.1) is 0 Å². The van der Waals surface area contributed by atoms with E-state index in [1.165, 1.54) is 18.2 Å². The Morgan fingerprint density at radius 3 is 3.00 bits per heavy atom. The molecule has 0 heterocycles. The first kappa shape index (κ1) is 12.8. The van der Waals surface area contributed by atoms with Crippen LogP contribution in [0, 0.1) is 11.7 Å². The molecule has 1 aliphatic carbocycles. The Bertz CT molecular complexity index is 425. The summed E-state index contributed by atoms with van der Waals surface area (Å²) in [6.45, 7) is 0.0882. The molecule has 0 radical (unpaired) electrons. The van der Waals surface area contributed by atoms with Gasteiger partial charge in [0.25, 0.3) is 0 Å². The van der Waals surface area contributed by atoms with Crippen molar-refractivity contribution in [3.63, 3.8) is 0 Å². The highest BCUT2D eigenvalue weighted by Gasteiger charge is 2.27. The van der Waals surface area contributed by atoms with Gasteiger partial charge in [0.05, 0.1) is 0 Å². The number of rotatable bonds is 3. The zero-order valence-electron chi connectivity index (χ0n) is 10.0. The zero-order chi connectivity index (χ0) is 13.0. The van der Waals surface area contributed by atoms with Crippen molar-refractivity contribution < 1.29 is 14.3 Å². The fourth-order valence-corrected chi connectivity index (χ4v) is 2.35. The number of anilines is 1. The smallest absolute Gasteiger partial charge is 0.319 e. The van der Waals surface area contributed by atoms with E-state index in [2.05, 4.69) is 10.6 Å². The summed E-state index contributed by atoms with van der Waals surface area (Å²) < 4.78 is 12.9. The van der Waals surface area contributed by atoms with Gasteiger partial charge in [-0.05, 0) is 31.0 Å². The molecule has 98 valence electrons. The Morgan fingerprint density at radius 2 is 2.28 bits per heavy atom. The second-order valence-corrected chi connectivity index (χ2v) is 4.59. The maximum Gasteiger partial charge on any atom is 0.319 e. The largest absolute Gasteiger partial charge is 0.396 e. The van der Waals surface area contributed by atoms with E-state index in [1.54, 1.807) is 6.07 Å². The van der Waals surface area contributed by atoms with E-state index in [4.69, 9.17) is 5.11 Å². The van der Waals surface area contributed by atoms with Gasteiger partial charge in [-0.25, -0.2) is 9.18 Å². The highest BCUT2D eigenvalue weighted by atomic mass is 19.1. The van der Waals surface area contributed by atoms with Crippen molar-refractivity contribution in [2.45, 2.75) is 25.3 Å². The van der Waals surface area contributed by atoms with E-state index in [0.717, 1.165) is 19.3 Å². The van der Waals surface area contributed by atoms with Crippen LogP contribution in [0.1, 0.15) is 19.3 Å². The molecule has 4 nitrogen and oxygen atoms in total. The second kappa shape index (κ2) is 5.82. The Morgan fingerprint density at radius 1 is 1.44 bits per heavy atom. The van der Waals surface area contributed by atoms with Crippen LogP contribution in [-0.2, 0) is 0 Å². The molecule has 0 spiro atoms.